The fourth-order valence-corrected chi connectivity index (χ4v) is 4.17. The van der Waals surface area contributed by atoms with Crippen molar-refractivity contribution in [2.24, 2.45) is 10.8 Å². The molecule has 1 aliphatic carbocycles. The van der Waals surface area contributed by atoms with Crippen LogP contribution in [-0.2, 0) is 20.9 Å². The third-order valence-corrected chi connectivity index (χ3v) is 6.21. The molecule has 1 aromatic rings. The van der Waals surface area contributed by atoms with Crippen molar-refractivity contribution in [2.75, 3.05) is 6.54 Å². The Morgan fingerprint density at radius 2 is 2.00 bits per heavy atom. The number of aryl methyl sites for hydroxylation is 3. The van der Waals surface area contributed by atoms with E-state index in [1.807, 2.05) is 39.3 Å². The summed E-state index contributed by atoms with van der Waals surface area (Å²) in [5.41, 5.74) is -2.10. The van der Waals surface area contributed by atoms with Crippen molar-refractivity contribution in [2.45, 2.75) is 66.0 Å². The van der Waals surface area contributed by atoms with Gasteiger partial charge in [0.05, 0.1) is 0 Å². The third kappa shape index (κ3) is 2.09. The first-order valence-corrected chi connectivity index (χ1v) is 8.54. The number of carbonyl (C=O) groups excluding carboxylic acids is 2. The quantitative estimate of drug-likeness (QED) is 0.501. The van der Waals surface area contributed by atoms with Gasteiger partial charge in [-0.3, -0.25) is 14.3 Å². The van der Waals surface area contributed by atoms with Crippen LogP contribution in [0.1, 0.15) is 51.7 Å². The first-order valence-electron chi connectivity index (χ1n) is 8.54. The molecular formula is C17H26N4O3. The number of ether oxygens (including phenoxy) is 1. The molecule has 1 saturated heterocycles. The van der Waals surface area contributed by atoms with Gasteiger partial charge in [-0.2, -0.15) is 5.10 Å². The minimum Gasteiger partial charge on any atom is -0.458 e. The molecule has 132 valence electrons. The van der Waals surface area contributed by atoms with Crippen LogP contribution in [0, 0.1) is 24.7 Å². The van der Waals surface area contributed by atoms with Crippen molar-refractivity contribution >= 4 is 11.9 Å². The average Bonchev–Trinajstić information content (AvgIpc) is 2.96. The number of fused-ring (bicyclic) bond motifs is 2. The van der Waals surface area contributed by atoms with Gasteiger partial charge >= 0.3 is 5.97 Å². The van der Waals surface area contributed by atoms with Crippen LogP contribution < -0.4 is 5.32 Å². The molecule has 0 radical (unpaired) electrons. The number of carbonyl (C=O) groups is 2. The number of rotatable bonds is 5. The van der Waals surface area contributed by atoms with Gasteiger partial charge in [0.15, 0.2) is 5.41 Å². The second-order valence-corrected chi connectivity index (χ2v) is 7.69. The van der Waals surface area contributed by atoms with E-state index in [1.54, 1.807) is 0 Å². The minimum absolute atomic E-state index is 0.204. The number of amides is 1. The molecule has 24 heavy (non-hydrogen) atoms. The van der Waals surface area contributed by atoms with E-state index in [0.29, 0.717) is 19.5 Å². The van der Waals surface area contributed by atoms with Crippen LogP contribution in [0.3, 0.4) is 0 Å². The summed E-state index contributed by atoms with van der Waals surface area (Å²) in [6.07, 6.45) is 2.03. The molecule has 2 aliphatic rings. The molecule has 1 aliphatic heterocycles. The van der Waals surface area contributed by atoms with Gasteiger partial charge in [-0.15, -0.1) is 0 Å². The van der Waals surface area contributed by atoms with E-state index in [4.69, 9.17) is 4.74 Å². The lowest BCUT2D eigenvalue weighted by molar-refractivity contribution is -0.162. The normalized spacial score (nSPS) is 30.5. The number of hydrogen-bond donors (Lipinski definition) is 1. The summed E-state index contributed by atoms with van der Waals surface area (Å²) >= 11 is 0. The molecule has 2 atom stereocenters. The molecule has 7 heteroatoms. The predicted molar refractivity (Wildman–Crippen MR) is 87.1 cm³/mol. The van der Waals surface area contributed by atoms with Gasteiger partial charge in [-0.1, -0.05) is 13.8 Å². The smallest absolute Gasteiger partial charge is 0.322 e. The predicted octanol–water partition coefficient (Wildman–Crippen LogP) is 1.52. The molecule has 7 nitrogen and oxygen atoms in total. The van der Waals surface area contributed by atoms with Crippen LogP contribution in [-0.4, -0.2) is 38.8 Å². The van der Waals surface area contributed by atoms with E-state index in [0.717, 1.165) is 24.5 Å². The molecule has 1 amide bonds. The van der Waals surface area contributed by atoms with Crippen LogP contribution in [0.4, 0.5) is 0 Å². The second kappa shape index (κ2) is 5.29. The van der Waals surface area contributed by atoms with E-state index in [1.165, 1.54) is 0 Å². The van der Waals surface area contributed by atoms with E-state index < -0.39 is 16.4 Å². The number of esters is 1. The Morgan fingerprint density at radius 1 is 1.29 bits per heavy atom. The molecule has 1 N–H and O–H groups in total. The second-order valence-electron chi connectivity index (χ2n) is 7.69. The first kappa shape index (κ1) is 16.9. The topological polar surface area (TPSA) is 86.1 Å². The highest BCUT2D eigenvalue weighted by atomic mass is 16.6. The van der Waals surface area contributed by atoms with Crippen molar-refractivity contribution in [1.82, 2.24) is 20.1 Å². The molecule has 0 unspecified atom stereocenters. The number of hydrogen-bond acceptors (Lipinski definition) is 5. The lowest BCUT2D eigenvalue weighted by Crippen LogP contribution is -2.51. The molecule has 1 saturated carbocycles. The summed E-state index contributed by atoms with van der Waals surface area (Å²) in [4.78, 5) is 29.5. The Morgan fingerprint density at radius 3 is 2.50 bits per heavy atom. The number of aromatic nitrogens is 3. The average molecular weight is 334 g/mol. The first-order chi connectivity index (χ1) is 11.1. The lowest BCUT2D eigenvalue weighted by atomic mass is 9.65. The Bertz CT molecular complexity index is 696. The summed E-state index contributed by atoms with van der Waals surface area (Å²) in [5, 5.41) is 7.25. The third-order valence-electron chi connectivity index (χ3n) is 6.21. The zero-order chi connectivity index (χ0) is 17.8. The van der Waals surface area contributed by atoms with Gasteiger partial charge in [0.25, 0.3) is 0 Å². The summed E-state index contributed by atoms with van der Waals surface area (Å²) < 4.78 is 7.39. The van der Waals surface area contributed by atoms with Crippen molar-refractivity contribution in [3.05, 3.63) is 11.6 Å². The largest absolute Gasteiger partial charge is 0.458 e. The van der Waals surface area contributed by atoms with Crippen LogP contribution in [0.15, 0.2) is 0 Å². The van der Waals surface area contributed by atoms with Crippen LogP contribution in [0.2, 0.25) is 0 Å². The van der Waals surface area contributed by atoms with E-state index in [-0.39, 0.29) is 11.9 Å². The Labute approximate surface area is 142 Å². The van der Waals surface area contributed by atoms with Gasteiger partial charge in [0, 0.05) is 18.5 Å². The van der Waals surface area contributed by atoms with Gasteiger partial charge in [-0.05, 0) is 40.0 Å². The van der Waals surface area contributed by atoms with Gasteiger partial charge in [-0.25, -0.2) is 4.98 Å². The highest BCUT2D eigenvalue weighted by molar-refractivity contribution is 6.06. The zero-order valence-electron chi connectivity index (χ0n) is 15.1. The number of nitrogens with zero attached hydrogens (tertiary/aromatic N) is 3. The molecule has 2 fully saturated rings. The lowest BCUT2D eigenvalue weighted by Gasteiger charge is -2.34. The molecule has 0 spiro atoms. The molecule has 0 aromatic carbocycles. The van der Waals surface area contributed by atoms with Gasteiger partial charge in [0.2, 0.25) is 5.91 Å². The zero-order valence-corrected chi connectivity index (χ0v) is 15.1. The van der Waals surface area contributed by atoms with E-state index >= 15 is 0 Å². The minimum atomic E-state index is -1.05. The SMILES string of the molecule is Cc1nc(C)n(CCCNC(=O)[C@@]23CC[C@@](C)(OC2=O)C3(C)C)n1. The Balaban J connectivity index is 1.61. The van der Waals surface area contributed by atoms with Crippen LogP contribution in [0.5, 0.6) is 0 Å². The highest BCUT2D eigenvalue weighted by Crippen LogP contribution is 2.65. The summed E-state index contributed by atoms with van der Waals surface area (Å²) in [6.45, 7) is 10.8. The fourth-order valence-electron chi connectivity index (χ4n) is 4.17. The molecule has 2 bridgehead atoms. The van der Waals surface area contributed by atoms with Crippen LogP contribution >= 0.6 is 0 Å². The van der Waals surface area contributed by atoms with Crippen molar-refractivity contribution < 1.29 is 14.3 Å². The summed E-state index contributed by atoms with van der Waals surface area (Å²) in [5.74, 6) is 1.03. The molecule has 2 heterocycles. The maximum absolute atomic E-state index is 12.8. The summed E-state index contributed by atoms with van der Waals surface area (Å²) in [6, 6.07) is 0. The van der Waals surface area contributed by atoms with Crippen LogP contribution in [0.25, 0.3) is 0 Å². The van der Waals surface area contributed by atoms with Crippen molar-refractivity contribution in [1.29, 1.82) is 0 Å². The molecule has 1 aromatic heterocycles. The fraction of sp³-hybridized carbons (Fsp3) is 0.765. The van der Waals surface area contributed by atoms with E-state index in [9.17, 15) is 9.59 Å². The Hall–Kier alpha value is -1.92. The molecule has 3 rings (SSSR count). The summed E-state index contributed by atoms with van der Waals surface area (Å²) in [7, 11) is 0. The maximum Gasteiger partial charge on any atom is 0.322 e. The van der Waals surface area contributed by atoms with Crippen molar-refractivity contribution in [3.63, 3.8) is 0 Å². The molecular weight excluding hydrogens is 308 g/mol. The monoisotopic (exact) mass is 334 g/mol. The maximum atomic E-state index is 12.8. The van der Waals surface area contributed by atoms with E-state index in [2.05, 4.69) is 15.4 Å². The van der Waals surface area contributed by atoms with Gasteiger partial charge < -0.3 is 10.1 Å². The van der Waals surface area contributed by atoms with Crippen molar-refractivity contribution in [3.8, 4) is 0 Å². The van der Waals surface area contributed by atoms with Gasteiger partial charge in [0.1, 0.15) is 17.2 Å². The number of nitrogens with one attached hydrogen (secondary N) is 1. The standard InChI is InChI=1S/C17H26N4O3/c1-11-19-12(2)21(20-11)10-6-9-18-13(22)17-8-7-16(5,15(17,3)4)24-14(17)23/h6-10H2,1-5H3,(H,18,22)/t16-,17+/m1/s1. The highest BCUT2D eigenvalue weighted by Gasteiger charge is 2.76. The Kier molecular flexibility index (Phi) is 3.73.